The van der Waals surface area contributed by atoms with Gasteiger partial charge in [-0.25, -0.2) is 9.37 Å². The lowest BCUT2D eigenvalue weighted by Gasteiger charge is -2.46. The maximum absolute atomic E-state index is 13.5. The number of pyridine rings is 1. The van der Waals surface area contributed by atoms with E-state index in [1.165, 1.54) is 17.6 Å². The number of nitrogens with one attached hydrogen (secondary N) is 2. The molecule has 27 heavy (non-hydrogen) atoms. The third kappa shape index (κ3) is 2.77. The molecule has 3 aromatic rings. The van der Waals surface area contributed by atoms with E-state index in [9.17, 15) is 14.3 Å². The molecule has 0 spiro atoms. The smallest absolute Gasteiger partial charge is 0.308 e. The molecule has 3 aromatic heterocycles. The van der Waals surface area contributed by atoms with Gasteiger partial charge in [-0.05, 0) is 43.6 Å². The lowest BCUT2D eigenvalue weighted by atomic mass is 9.61. The topological polar surface area (TPSA) is 104 Å². The van der Waals surface area contributed by atoms with Crippen molar-refractivity contribution in [3.05, 3.63) is 24.3 Å². The molecule has 7 nitrogen and oxygen atoms in total. The minimum absolute atomic E-state index is 0.113. The van der Waals surface area contributed by atoms with Crippen LogP contribution in [-0.4, -0.2) is 36.4 Å². The van der Waals surface area contributed by atoms with Crippen LogP contribution in [0.25, 0.3) is 22.4 Å². The Kier molecular flexibility index (Phi) is 3.85. The number of carboxylic acid groups (broad SMARTS) is 1. The fourth-order valence-electron chi connectivity index (χ4n) is 4.71. The first kappa shape index (κ1) is 16.6. The molecule has 3 N–H and O–H groups in total. The zero-order valence-electron chi connectivity index (χ0n) is 14.4. The molecule has 140 valence electrons. The van der Waals surface area contributed by atoms with Crippen molar-refractivity contribution in [2.24, 2.45) is 17.8 Å². The zero-order valence-corrected chi connectivity index (χ0v) is 15.2. The van der Waals surface area contributed by atoms with Crippen LogP contribution in [0, 0.1) is 23.6 Å². The summed E-state index contributed by atoms with van der Waals surface area (Å²) in [4.78, 5) is 23.3. The Morgan fingerprint density at radius 1 is 1.30 bits per heavy atom. The fraction of sp³-hybridized carbons (Fsp3) is 0.444. The highest BCUT2D eigenvalue weighted by molar-refractivity contribution is 7.09. The van der Waals surface area contributed by atoms with Crippen LogP contribution in [-0.2, 0) is 4.79 Å². The number of H-pyrrole nitrogens is 1. The summed E-state index contributed by atoms with van der Waals surface area (Å²) >= 11 is 1.20. The number of carboxylic acids is 1. The summed E-state index contributed by atoms with van der Waals surface area (Å²) in [7, 11) is 0. The maximum Gasteiger partial charge on any atom is 0.308 e. The second-order valence-corrected chi connectivity index (χ2v) is 8.14. The second-order valence-electron chi connectivity index (χ2n) is 7.38. The van der Waals surface area contributed by atoms with Crippen LogP contribution < -0.4 is 5.32 Å². The number of carbonyl (C=O) groups is 1. The van der Waals surface area contributed by atoms with E-state index in [2.05, 4.69) is 24.6 Å². The molecule has 0 amide bonds. The van der Waals surface area contributed by atoms with Crippen molar-refractivity contribution >= 4 is 33.7 Å². The van der Waals surface area contributed by atoms with Crippen LogP contribution in [0.3, 0.4) is 0 Å². The SMILES string of the molecule is O=C(O)[C@@H]1C(Nc2nc(-c3c[nH]c4ncc(F)cc34)ns2)[C@H]2CC[C@@H]1CC2. The molecular formula is C18H18FN5O2S. The third-order valence-corrected chi connectivity index (χ3v) is 6.61. The van der Waals surface area contributed by atoms with E-state index in [0.29, 0.717) is 33.5 Å². The number of hydrogen-bond acceptors (Lipinski definition) is 6. The van der Waals surface area contributed by atoms with Gasteiger partial charge in [0.15, 0.2) is 5.82 Å². The average molecular weight is 387 g/mol. The van der Waals surface area contributed by atoms with E-state index in [0.717, 1.165) is 31.9 Å². The number of fused-ring (bicyclic) bond motifs is 4. The van der Waals surface area contributed by atoms with E-state index in [1.807, 2.05) is 0 Å². The Morgan fingerprint density at radius 3 is 2.85 bits per heavy atom. The van der Waals surface area contributed by atoms with Gasteiger partial charge in [-0.1, -0.05) is 0 Å². The number of halogens is 1. The largest absolute Gasteiger partial charge is 0.481 e. The second kappa shape index (κ2) is 6.26. The summed E-state index contributed by atoms with van der Waals surface area (Å²) in [6.07, 6.45) is 6.99. The van der Waals surface area contributed by atoms with E-state index in [4.69, 9.17) is 0 Å². The molecule has 3 aliphatic rings. The molecule has 3 saturated carbocycles. The van der Waals surface area contributed by atoms with Crippen LogP contribution >= 0.6 is 11.5 Å². The molecular weight excluding hydrogens is 369 g/mol. The van der Waals surface area contributed by atoms with Crippen LogP contribution in [0.1, 0.15) is 25.7 Å². The molecule has 3 fully saturated rings. The molecule has 0 aliphatic heterocycles. The molecule has 3 heterocycles. The van der Waals surface area contributed by atoms with Crippen molar-refractivity contribution in [1.82, 2.24) is 19.3 Å². The third-order valence-electron chi connectivity index (χ3n) is 5.96. The Hall–Kier alpha value is -2.55. The van der Waals surface area contributed by atoms with Crippen LogP contribution in [0.15, 0.2) is 18.5 Å². The van der Waals surface area contributed by atoms with Gasteiger partial charge in [0.05, 0.1) is 12.1 Å². The Balaban J connectivity index is 1.43. The normalized spacial score (nSPS) is 27.1. The Bertz CT molecular complexity index is 1010. The number of nitrogens with zero attached hydrogens (tertiary/aromatic N) is 3. The first-order chi connectivity index (χ1) is 13.1. The van der Waals surface area contributed by atoms with Crippen LogP contribution in [0.2, 0.25) is 0 Å². The van der Waals surface area contributed by atoms with Crippen LogP contribution in [0.5, 0.6) is 0 Å². The van der Waals surface area contributed by atoms with Crippen molar-refractivity contribution in [3.63, 3.8) is 0 Å². The molecule has 2 atom stereocenters. The number of aromatic amines is 1. The van der Waals surface area contributed by atoms with Gasteiger partial charge in [-0.3, -0.25) is 4.79 Å². The molecule has 9 heteroatoms. The van der Waals surface area contributed by atoms with Gasteiger partial charge in [0.1, 0.15) is 11.5 Å². The first-order valence-corrected chi connectivity index (χ1v) is 9.83. The van der Waals surface area contributed by atoms with Crippen molar-refractivity contribution in [2.45, 2.75) is 31.7 Å². The summed E-state index contributed by atoms with van der Waals surface area (Å²) in [5.41, 5.74) is 1.26. The quantitative estimate of drug-likeness (QED) is 0.633. The average Bonchev–Trinajstić information content (AvgIpc) is 3.28. The molecule has 6 rings (SSSR count). The van der Waals surface area contributed by atoms with E-state index in [-0.39, 0.29) is 17.9 Å². The summed E-state index contributed by atoms with van der Waals surface area (Å²) in [6.45, 7) is 0. The molecule has 0 aromatic carbocycles. The fourth-order valence-corrected chi connectivity index (χ4v) is 5.34. The van der Waals surface area contributed by atoms with Gasteiger partial charge in [-0.2, -0.15) is 9.36 Å². The number of aromatic nitrogens is 4. The number of anilines is 1. The van der Waals surface area contributed by atoms with E-state index in [1.54, 1.807) is 6.20 Å². The standard InChI is InChI=1S/C18H18FN5O2S/c19-10-5-11-12(7-21-15(11)20-6-10)16-23-18(27-24-16)22-14-9-3-1-8(2-4-9)13(14)17(25)26/h5-9,13-14H,1-4H2,(H,20,21)(H,25,26)(H,22,23,24)/t8-,9+,13-,14?/m0/s1. The van der Waals surface area contributed by atoms with Gasteiger partial charge in [0, 0.05) is 34.7 Å². The lowest BCUT2D eigenvalue weighted by Crippen LogP contribution is -2.51. The minimum atomic E-state index is -0.732. The molecule has 1 unspecified atom stereocenters. The number of aliphatic carboxylic acids is 1. The minimum Gasteiger partial charge on any atom is -0.481 e. The van der Waals surface area contributed by atoms with Gasteiger partial charge in [0.25, 0.3) is 0 Å². The Labute approximate surface area is 158 Å². The Morgan fingerprint density at radius 2 is 2.07 bits per heavy atom. The van der Waals surface area contributed by atoms with Gasteiger partial charge in [0.2, 0.25) is 5.13 Å². The highest BCUT2D eigenvalue weighted by Crippen LogP contribution is 2.46. The summed E-state index contributed by atoms with van der Waals surface area (Å²) in [5.74, 6) is -0.454. The molecule has 0 radical (unpaired) electrons. The number of hydrogen-bond donors (Lipinski definition) is 3. The van der Waals surface area contributed by atoms with Gasteiger partial charge in [-0.15, -0.1) is 0 Å². The van der Waals surface area contributed by atoms with Crippen molar-refractivity contribution in [3.8, 4) is 11.4 Å². The maximum atomic E-state index is 13.5. The molecule has 2 bridgehead atoms. The number of rotatable bonds is 4. The van der Waals surface area contributed by atoms with Crippen molar-refractivity contribution in [1.29, 1.82) is 0 Å². The predicted octanol–water partition coefficient (Wildman–Crippen LogP) is 3.52. The summed E-state index contributed by atoms with van der Waals surface area (Å²) < 4.78 is 17.9. The monoisotopic (exact) mass is 387 g/mol. The summed E-state index contributed by atoms with van der Waals surface area (Å²) in [5, 5.41) is 14.3. The lowest BCUT2D eigenvalue weighted by molar-refractivity contribution is -0.148. The van der Waals surface area contributed by atoms with Crippen molar-refractivity contribution < 1.29 is 14.3 Å². The summed E-state index contributed by atoms with van der Waals surface area (Å²) in [6, 6.07) is 1.29. The van der Waals surface area contributed by atoms with Crippen molar-refractivity contribution in [2.75, 3.05) is 5.32 Å². The van der Waals surface area contributed by atoms with Gasteiger partial charge >= 0.3 is 5.97 Å². The highest BCUT2D eigenvalue weighted by Gasteiger charge is 2.47. The zero-order chi connectivity index (χ0) is 18.5. The molecule has 0 saturated heterocycles. The first-order valence-electron chi connectivity index (χ1n) is 9.06. The van der Waals surface area contributed by atoms with Gasteiger partial charge < -0.3 is 15.4 Å². The van der Waals surface area contributed by atoms with E-state index < -0.39 is 11.8 Å². The highest BCUT2D eigenvalue weighted by atomic mass is 32.1. The predicted molar refractivity (Wildman–Crippen MR) is 98.9 cm³/mol. The van der Waals surface area contributed by atoms with E-state index >= 15 is 0 Å². The molecule has 3 aliphatic carbocycles. The van der Waals surface area contributed by atoms with Crippen LogP contribution in [0.4, 0.5) is 9.52 Å².